The first kappa shape index (κ1) is 21.7. The molecule has 1 aliphatic rings. The number of nitrogens with zero attached hydrogens (tertiary/aromatic N) is 2. The van der Waals surface area contributed by atoms with Crippen LogP contribution in [0.2, 0.25) is 18.1 Å². The van der Waals surface area contributed by atoms with Gasteiger partial charge in [-0.2, -0.15) is 5.10 Å². The minimum Gasteiger partial charge on any atom is -0.413 e. The summed E-state index contributed by atoms with van der Waals surface area (Å²) in [5.41, 5.74) is 1.28. The topological polar surface area (TPSA) is 36.3 Å². The molecule has 1 atom stereocenters. The van der Waals surface area contributed by atoms with Gasteiger partial charge in [-0.05, 0) is 53.3 Å². The minimum absolute atomic E-state index is 0.114. The molecular formula is C21H30BrFN2O2Si. The van der Waals surface area contributed by atoms with Gasteiger partial charge in [0.15, 0.2) is 14.5 Å². The van der Waals surface area contributed by atoms with Crippen molar-refractivity contribution in [1.29, 1.82) is 0 Å². The van der Waals surface area contributed by atoms with E-state index < -0.39 is 8.32 Å². The summed E-state index contributed by atoms with van der Waals surface area (Å²) in [5, 5.41) is 5.51. The standard InChI is InChI=1S/C21H30BrFN2O2Si/c1-21(2,3)28(4,5)27-12-8-9-15-17(23)13-18-16(20(15)22)14-24-25(18)19-10-6-7-11-26-19/h8-9,13-14,19H,6-7,10-12H2,1-5H3/b9-8+. The molecule has 0 N–H and O–H groups in total. The summed E-state index contributed by atoms with van der Waals surface area (Å²) in [6.07, 6.45) is 8.43. The van der Waals surface area contributed by atoms with Gasteiger partial charge in [-0.25, -0.2) is 9.07 Å². The number of halogens is 2. The average molecular weight is 469 g/mol. The van der Waals surface area contributed by atoms with Gasteiger partial charge in [0.2, 0.25) is 0 Å². The number of rotatable bonds is 5. The second-order valence-corrected chi connectivity index (χ2v) is 14.5. The Hall–Kier alpha value is -1.02. The van der Waals surface area contributed by atoms with Crippen molar-refractivity contribution < 1.29 is 13.6 Å². The molecule has 0 amide bonds. The largest absolute Gasteiger partial charge is 0.413 e. The Morgan fingerprint density at radius 3 is 2.79 bits per heavy atom. The predicted octanol–water partition coefficient (Wildman–Crippen LogP) is 6.67. The SMILES string of the molecule is CC(C)(C)[Si](C)(C)OC/C=C/c1c(F)cc2c(cnn2C2CCCCO2)c1Br. The van der Waals surface area contributed by atoms with Crippen LogP contribution in [0.1, 0.15) is 51.8 Å². The van der Waals surface area contributed by atoms with Crippen molar-refractivity contribution in [3.05, 3.63) is 34.2 Å². The second-order valence-electron chi connectivity index (χ2n) is 8.90. The van der Waals surface area contributed by atoms with Gasteiger partial charge in [-0.1, -0.05) is 32.9 Å². The van der Waals surface area contributed by atoms with Crippen molar-refractivity contribution in [1.82, 2.24) is 9.78 Å². The average Bonchev–Trinajstić information content (AvgIpc) is 3.04. The van der Waals surface area contributed by atoms with Crippen LogP contribution in [-0.2, 0) is 9.16 Å². The molecule has 1 fully saturated rings. The Morgan fingerprint density at radius 1 is 1.39 bits per heavy atom. The molecule has 1 unspecified atom stereocenters. The van der Waals surface area contributed by atoms with Crippen LogP contribution in [-0.4, -0.2) is 31.3 Å². The summed E-state index contributed by atoms with van der Waals surface area (Å²) in [6.45, 7) is 12.3. The van der Waals surface area contributed by atoms with Gasteiger partial charge in [-0.3, -0.25) is 0 Å². The van der Waals surface area contributed by atoms with Crippen LogP contribution < -0.4 is 0 Å². The highest BCUT2D eigenvalue weighted by atomic mass is 79.9. The molecular weight excluding hydrogens is 439 g/mol. The Bertz CT molecular complexity index is 867. The molecule has 1 saturated heterocycles. The van der Waals surface area contributed by atoms with Gasteiger partial charge >= 0.3 is 0 Å². The van der Waals surface area contributed by atoms with E-state index in [1.165, 1.54) is 0 Å². The molecule has 2 heterocycles. The Kier molecular flexibility index (Phi) is 6.49. The quantitative estimate of drug-likeness (QED) is 0.459. The molecule has 0 radical (unpaired) electrons. The molecule has 0 aliphatic carbocycles. The van der Waals surface area contributed by atoms with Gasteiger partial charge in [0, 0.05) is 28.1 Å². The summed E-state index contributed by atoms with van der Waals surface area (Å²) in [4.78, 5) is 0. The van der Waals surface area contributed by atoms with Crippen molar-refractivity contribution in [3.8, 4) is 0 Å². The molecule has 0 spiro atoms. The maximum Gasteiger partial charge on any atom is 0.192 e. The smallest absolute Gasteiger partial charge is 0.192 e. The molecule has 1 aromatic carbocycles. The predicted molar refractivity (Wildman–Crippen MR) is 118 cm³/mol. The van der Waals surface area contributed by atoms with Crippen LogP contribution in [0.5, 0.6) is 0 Å². The van der Waals surface area contributed by atoms with E-state index in [2.05, 4.69) is 54.9 Å². The number of fused-ring (bicyclic) bond motifs is 1. The summed E-state index contributed by atoms with van der Waals surface area (Å²) in [7, 11) is -1.81. The van der Waals surface area contributed by atoms with E-state index in [4.69, 9.17) is 9.16 Å². The van der Waals surface area contributed by atoms with Crippen LogP contribution in [0.25, 0.3) is 17.0 Å². The summed E-state index contributed by atoms with van der Waals surface area (Å²) < 4.78 is 29.3. The zero-order valence-corrected chi connectivity index (χ0v) is 20.0. The van der Waals surface area contributed by atoms with Crippen molar-refractivity contribution in [2.75, 3.05) is 13.2 Å². The number of ether oxygens (including phenoxy) is 1. The molecule has 0 bridgehead atoms. The van der Waals surface area contributed by atoms with E-state index in [9.17, 15) is 4.39 Å². The van der Waals surface area contributed by atoms with Gasteiger partial charge < -0.3 is 9.16 Å². The fourth-order valence-corrected chi connectivity index (χ4v) is 4.64. The molecule has 1 aromatic heterocycles. The first-order valence-corrected chi connectivity index (χ1v) is 13.6. The first-order chi connectivity index (χ1) is 13.1. The lowest BCUT2D eigenvalue weighted by Gasteiger charge is -2.35. The third-order valence-corrected chi connectivity index (χ3v) is 11.2. The number of aromatic nitrogens is 2. The summed E-state index contributed by atoms with van der Waals surface area (Å²) in [5.74, 6) is -0.277. The van der Waals surface area contributed by atoms with Crippen LogP contribution >= 0.6 is 15.9 Å². The van der Waals surface area contributed by atoms with E-state index in [1.54, 1.807) is 23.0 Å². The van der Waals surface area contributed by atoms with Crippen LogP contribution in [0, 0.1) is 5.82 Å². The zero-order valence-electron chi connectivity index (χ0n) is 17.4. The third kappa shape index (κ3) is 4.42. The Balaban J connectivity index is 1.81. The Labute approximate surface area is 176 Å². The number of hydrogen-bond donors (Lipinski definition) is 0. The lowest BCUT2D eigenvalue weighted by Crippen LogP contribution is -2.40. The fourth-order valence-electron chi connectivity index (χ4n) is 3.07. The molecule has 0 saturated carbocycles. The molecule has 154 valence electrons. The summed E-state index contributed by atoms with van der Waals surface area (Å²) in [6, 6.07) is 1.55. The minimum atomic E-state index is -1.81. The first-order valence-electron chi connectivity index (χ1n) is 9.89. The van der Waals surface area contributed by atoms with Crippen molar-refractivity contribution in [3.63, 3.8) is 0 Å². The fraction of sp³-hybridized carbons (Fsp3) is 0.571. The molecule has 7 heteroatoms. The molecule has 3 rings (SSSR count). The van der Waals surface area contributed by atoms with Crippen LogP contribution in [0.4, 0.5) is 4.39 Å². The third-order valence-electron chi connectivity index (χ3n) is 5.89. The maximum atomic E-state index is 14.9. The van der Waals surface area contributed by atoms with Gasteiger partial charge in [-0.15, -0.1) is 0 Å². The van der Waals surface area contributed by atoms with Crippen molar-refractivity contribution in [2.24, 2.45) is 0 Å². The Morgan fingerprint density at radius 2 is 2.14 bits per heavy atom. The lowest BCUT2D eigenvalue weighted by atomic mass is 10.1. The van der Waals surface area contributed by atoms with Gasteiger partial charge in [0.25, 0.3) is 0 Å². The molecule has 1 aliphatic heterocycles. The van der Waals surface area contributed by atoms with E-state index in [-0.39, 0.29) is 17.1 Å². The van der Waals surface area contributed by atoms with Crippen molar-refractivity contribution in [2.45, 2.75) is 64.4 Å². The number of benzene rings is 1. The number of hydrogen-bond acceptors (Lipinski definition) is 3. The van der Waals surface area contributed by atoms with Gasteiger partial charge in [0.1, 0.15) is 5.82 Å². The van der Waals surface area contributed by atoms with E-state index in [0.717, 1.165) is 36.8 Å². The van der Waals surface area contributed by atoms with Crippen molar-refractivity contribution >= 4 is 41.2 Å². The highest BCUT2D eigenvalue weighted by molar-refractivity contribution is 9.10. The molecule has 2 aromatic rings. The highest BCUT2D eigenvalue weighted by Crippen LogP contribution is 2.37. The van der Waals surface area contributed by atoms with E-state index >= 15 is 0 Å². The van der Waals surface area contributed by atoms with Crippen LogP contribution in [0.15, 0.2) is 22.8 Å². The lowest BCUT2D eigenvalue weighted by molar-refractivity contribution is -0.0366. The molecule has 4 nitrogen and oxygen atoms in total. The normalized spacial score (nSPS) is 19.0. The van der Waals surface area contributed by atoms with Gasteiger partial charge in [0.05, 0.1) is 18.3 Å². The van der Waals surface area contributed by atoms with E-state index in [1.807, 2.05) is 6.08 Å². The monoisotopic (exact) mass is 468 g/mol. The zero-order chi connectivity index (χ0) is 20.5. The summed E-state index contributed by atoms with van der Waals surface area (Å²) >= 11 is 3.58. The maximum absolute atomic E-state index is 14.9. The second kappa shape index (κ2) is 8.38. The highest BCUT2D eigenvalue weighted by Gasteiger charge is 2.36. The van der Waals surface area contributed by atoms with Crippen LogP contribution in [0.3, 0.4) is 0 Å². The molecule has 28 heavy (non-hydrogen) atoms. The van der Waals surface area contributed by atoms with E-state index in [0.29, 0.717) is 16.6 Å².